The van der Waals surface area contributed by atoms with Gasteiger partial charge < -0.3 is 4.74 Å². The second-order valence-corrected chi connectivity index (χ2v) is 6.72. The topological polar surface area (TPSA) is 83.1 Å². The van der Waals surface area contributed by atoms with E-state index in [-0.39, 0.29) is 5.69 Å². The van der Waals surface area contributed by atoms with Crippen molar-refractivity contribution >= 4 is 17.4 Å². The van der Waals surface area contributed by atoms with Crippen molar-refractivity contribution in [1.82, 2.24) is 14.8 Å². The molecule has 0 atom stereocenters. The Labute approximate surface area is 155 Å². The van der Waals surface area contributed by atoms with Gasteiger partial charge in [-0.2, -0.15) is 0 Å². The fourth-order valence-corrected chi connectivity index (χ4v) is 3.29. The van der Waals surface area contributed by atoms with Crippen LogP contribution < -0.4 is 4.74 Å². The van der Waals surface area contributed by atoms with Gasteiger partial charge in [0.1, 0.15) is 11.6 Å². The minimum Gasteiger partial charge on any atom is -0.492 e. The van der Waals surface area contributed by atoms with Gasteiger partial charge in [-0.3, -0.25) is 14.7 Å². The first-order chi connectivity index (χ1) is 12.5. The van der Waals surface area contributed by atoms with E-state index >= 15 is 0 Å². The van der Waals surface area contributed by atoms with Gasteiger partial charge in [-0.05, 0) is 37.6 Å². The quantitative estimate of drug-likeness (QED) is 0.271. The van der Waals surface area contributed by atoms with Crippen LogP contribution in [0.1, 0.15) is 11.4 Å². The average Bonchev–Trinajstić information content (AvgIpc) is 2.99. The molecule has 0 spiro atoms. The Morgan fingerprint density at radius 1 is 1.15 bits per heavy atom. The third-order valence-corrected chi connectivity index (χ3v) is 4.56. The van der Waals surface area contributed by atoms with Crippen molar-refractivity contribution in [1.29, 1.82) is 0 Å². The molecule has 0 aliphatic carbocycles. The van der Waals surface area contributed by atoms with E-state index in [0.717, 1.165) is 16.7 Å². The summed E-state index contributed by atoms with van der Waals surface area (Å²) in [7, 11) is 0. The summed E-state index contributed by atoms with van der Waals surface area (Å²) in [4.78, 5) is 10.4. The largest absolute Gasteiger partial charge is 0.492 e. The maximum Gasteiger partial charge on any atom is 0.273 e. The van der Waals surface area contributed by atoms with E-state index in [1.807, 2.05) is 36.6 Å². The van der Waals surface area contributed by atoms with Crippen molar-refractivity contribution in [2.45, 2.75) is 19.0 Å². The number of hydrogen-bond acceptors (Lipinski definition) is 6. The molecular weight excluding hydrogens is 352 g/mol. The lowest BCUT2D eigenvalue weighted by atomic mass is 10.2. The summed E-state index contributed by atoms with van der Waals surface area (Å²) in [6.45, 7) is 4.37. The van der Waals surface area contributed by atoms with Gasteiger partial charge in [-0.15, -0.1) is 10.2 Å². The zero-order valence-corrected chi connectivity index (χ0v) is 15.3. The molecule has 2 aromatic carbocycles. The molecule has 7 nitrogen and oxygen atoms in total. The molecule has 3 rings (SSSR count). The van der Waals surface area contributed by atoms with E-state index in [0.29, 0.717) is 18.1 Å². The second kappa shape index (κ2) is 8.01. The minimum absolute atomic E-state index is 0.0185. The molecule has 0 N–H and O–H groups in total. The number of aryl methyl sites for hydroxylation is 2. The van der Waals surface area contributed by atoms with Crippen molar-refractivity contribution in [2.75, 3.05) is 12.4 Å². The lowest BCUT2D eigenvalue weighted by molar-refractivity contribution is -0.384. The van der Waals surface area contributed by atoms with Crippen LogP contribution in [0, 0.1) is 24.0 Å². The molecule has 0 fully saturated rings. The number of non-ortho nitro benzene ring substituents is 1. The first-order valence-electron chi connectivity index (χ1n) is 8.04. The molecule has 0 radical (unpaired) electrons. The van der Waals surface area contributed by atoms with Gasteiger partial charge in [0.05, 0.1) is 17.6 Å². The summed E-state index contributed by atoms with van der Waals surface area (Å²) in [5, 5.41) is 20.0. The molecule has 0 amide bonds. The van der Waals surface area contributed by atoms with Crippen molar-refractivity contribution in [3.63, 3.8) is 0 Å². The third kappa shape index (κ3) is 4.20. The number of nitrogens with zero attached hydrogens (tertiary/aromatic N) is 4. The fourth-order valence-electron chi connectivity index (χ4n) is 2.48. The molecule has 134 valence electrons. The molecule has 0 saturated heterocycles. The Kier molecular flexibility index (Phi) is 5.52. The normalized spacial score (nSPS) is 10.7. The number of rotatable bonds is 7. The summed E-state index contributed by atoms with van der Waals surface area (Å²) in [5.41, 5.74) is 2.21. The van der Waals surface area contributed by atoms with Crippen LogP contribution in [0.15, 0.2) is 53.7 Å². The molecular formula is C18H18N4O3S. The van der Waals surface area contributed by atoms with E-state index in [4.69, 9.17) is 4.74 Å². The van der Waals surface area contributed by atoms with Crippen molar-refractivity contribution in [3.8, 4) is 11.4 Å². The number of thioether (sulfide) groups is 1. The molecule has 0 unspecified atom stereocenters. The molecule has 26 heavy (non-hydrogen) atoms. The van der Waals surface area contributed by atoms with E-state index in [1.165, 1.54) is 29.5 Å². The second-order valence-electron chi connectivity index (χ2n) is 5.66. The summed E-state index contributed by atoms with van der Waals surface area (Å²) < 4.78 is 7.61. The zero-order valence-electron chi connectivity index (χ0n) is 14.5. The molecule has 0 aliphatic heterocycles. The highest BCUT2D eigenvalue weighted by Gasteiger charge is 2.12. The van der Waals surface area contributed by atoms with Gasteiger partial charge in [0.25, 0.3) is 5.69 Å². The predicted molar refractivity (Wildman–Crippen MR) is 100 cm³/mol. The Morgan fingerprint density at radius 2 is 1.96 bits per heavy atom. The van der Waals surface area contributed by atoms with E-state index in [9.17, 15) is 10.1 Å². The van der Waals surface area contributed by atoms with E-state index in [1.54, 1.807) is 12.1 Å². The van der Waals surface area contributed by atoms with Gasteiger partial charge in [-0.25, -0.2) is 0 Å². The monoisotopic (exact) mass is 370 g/mol. The summed E-state index contributed by atoms with van der Waals surface area (Å²) in [6.07, 6.45) is 0. The number of nitro groups is 1. The molecule has 1 aromatic heterocycles. The summed E-state index contributed by atoms with van der Waals surface area (Å²) >= 11 is 1.53. The van der Waals surface area contributed by atoms with Crippen LogP contribution >= 0.6 is 11.8 Å². The zero-order chi connectivity index (χ0) is 18.5. The van der Waals surface area contributed by atoms with Crippen molar-refractivity contribution in [2.24, 2.45) is 0 Å². The van der Waals surface area contributed by atoms with Crippen LogP contribution in [0.4, 0.5) is 5.69 Å². The number of ether oxygens (including phenoxy) is 1. The summed E-state index contributed by atoms with van der Waals surface area (Å²) in [5.74, 6) is 1.95. The standard InChI is InChI=1S/C18H18N4O3S/c1-13-5-3-6-15(11-13)21-14(2)19-20-18(21)26-10-9-25-17-8-4-7-16(12-17)22(23)24/h3-8,11-12H,9-10H2,1-2H3. The van der Waals surface area contributed by atoms with Crippen LogP contribution in [-0.4, -0.2) is 32.0 Å². The SMILES string of the molecule is Cc1cccc(-n2c(C)nnc2SCCOc2cccc([N+](=O)[O-])c2)c1. The molecule has 1 heterocycles. The predicted octanol–water partition coefficient (Wildman–Crippen LogP) is 3.96. The molecule has 0 aliphatic rings. The van der Waals surface area contributed by atoms with Crippen LogP contribution in [0.25, 0.3) is 5.69 Å². The van der Waals surface area contributed by atoms with Crippen LogP contribution in [0.3, 0.4) is 0 Å². The first kappa shape index (κ1) is 17.9. The highest BCUT2D eigenvalue weighted by molar-refractivity contribution is 7.99. The third-order valence-electron chi connectivity index (χ3n) is 3.67. The van der Waals surface area contributed by atoms with E-state index in [2.05, 4.69) is 16.3 Å². The number of hydrogen-bond donors (Lipinski definition) is 0. The van der Waals surface area contributed by atoms with E-state index < -0.39 is 4.92 Å². The first-order valence-corrected chi connectivity index (χ1v) is 9.02. The number of nitro benzene ring substituents is 1. The van der Waals surface area contributed by atoms with Gasteiger partial charge in [-0.1, -0.05) is 30.0 Å². The lowest BCUT2D eigenvalue weighted by Crippen LogP contribution is -2.03. The van der Waals surface area contributed by atoms with Gasteiger partial charge in [0, 0.05) is 17.5 Å². The molecule has 0 saturated carbocycles. The van der Waals surface area contributed by atoms with Gasteiger partial charge in [0.2, 0.25) is 0 Å². The molecule has 0 bridgehead atoms. The summed E-state index contributed by atoms with van der Waals surface area (Å²) in [6, 6.07) is 14.3. The number of aromatic nitrogens is 3. The Balaban J connectivity index is 1.63. The smallest absolute Gasteiger partial charge is 0.273 e. The minimum atomic E-state index is -0.436. The fraction of sp³-hybridized carbons (Fsp3) is 0.222. The van der Waals surface area contributed by atoms with Crippen LogP contribution in [-0.2, 0) is 0 Å². The lowest BCUT2D eigenvalue weighted by Gasteiger charge is -2.09. The maximum absolute atomic E-state index is 10.8. The highest BCUT2D eigenvalue weighted by Crippen LogP contribution is 2.23. The van der Waals surface area contributed by atoms with Gasteiger partial charge >= 0.3 is 0 Å². The highest BCUT2D eigenvalue weighted by atomic mass is 32.2. The number of benzene rings is 2. The molecule has 3 aromatic rings. The van der Waals surface area contributed by atoms with Gasteiger partial charge in [0.15, 0.2) is 5.16 Å². The van der Waals surface area contributed by atoms with Crippen LogP contribution in [0.5, 0.6) is 5.75 Å². The Morgan fingerprint density at radius 3 is 2.73 bits per heavy atom. The Bertz CT molecular complexity index is 926. The molecule has 8 heteroatoms. The maximum atomic E-state index is 10.8. The van der Waals surface area contributed by atoms with Crippen molar-refractivity contribution < 1.29 is 9.66 Å². The Hall–Kier alpha value is -2.87. The average molecular weight is 370 g/mol. The van der Waals surface area contributed by atoms with Crippen molar-refractivity contribution in [3.05, 3.63) is 70.0 Å². The van der Waals surface area contributed by atoms with Crippen LogP contribution in [0.2, 0.25) is 0 Å².